The zero-order valence-electron chi connectivity index (χ0n) is 13.0. The van der Waals surface area contributed by atoms with Crippen molar-refractivity contribution in [2.75, 3.05) is 7.11 Å². The van der Waals surface area contributed by atoms with Crippen LogP contribution in [0, 0.1) is 0 Å². The van der Waals surface area contributed by atoms with E-state index in [-0.39, 0.29) is 5.91 Å². The van der Waals surface area contributed by atoms with E-state index in [1.807, 2.05) is 42.5 Å². The normalized spacial score (nSPS) is 10.9. The Bertz CT molecular complexity index is 922. The summed E-state index contributed by atoms with van der Waals surface area (Å²) in [6.07, 6.45) is 1.64. The number of carbonyl (C=O) groups is 1. The predicted octanol–water partition coefficient (Wildman–Crippen LogP) is 4.37. The molecule has 0 saturated heterocycles. The van der Waals surface area contributed by atoms with Crippen molar-refractivity contribution in [3.05, 3.63) is 76.3 Å². The maximum atomic E-state index is 12.1. The first-order chi connectivity index (χ1) is 11.7. The number of nitrogens with one attached hydrogen (secondary N) is 1. The van der Waals surface area contributed by atoms with Gasteiger partial charge in [-0.1, -0.05) is 46.3 Å². The van der Waals surface area contributed by atoms with Crippen molar-refractivity contribution in [3.63, 3.8) is 0 Å². The number of ether oxygens (including phenoxy) is 1. The Morgan fingerprint density at radius 1 is 1.08 bits per heavy atom. The van der Waals surface area contributed by atoms with Crippen LogP contribution in [0.3, 0.4) is 0 Å². The number of nitrogens with zero attached hydrogens (tertiary/aromatic N) is 1. The largest absolute Gasteiger partial charge is 0.496 e. The predicted molar refractivity (Wildman–Crippen MR) is 99.7 cm³/mol. The fourth-order valence-corrected chi connectivity index (χ4v) is 2.84. The number of hydrazone groups is 1. The second-order valence-corrected chi connectivity index (χ2v) is 6.03. The number of amides is 1. The number of benzene rings is 3. The molecule has 0 radical (unpaired) electrons. The highest BCUT2D eigenvalue weighted by Gasteiger charge is 2.06. The molecule has 0 aliphatic heterocycles. The molecule has 0 aliphatic carbocycles. The van der Waals surface area contributed by atoms with Gasteiger partial charge in [-0.3, -0.25) is 4.79 Å². The summed E-state index contributed by atoms with van der Waals surface area (Å²) in [7, 11) is 1.65. The molecule has 1 amide bonds. The first-order valence-corrected chi connectivity index (χ1v) is 8.13. The molecule has 3 rings (SSSR count). The molecule has 0 bridgehead atoms. The van der Waals surface area contributed by atoms with Crippen molar-refractivity contribution in [3.8, 4) is 5.75 Å². The minimum Gasteiger partial charge on any atom is -0.496 e. The molecule has 0 heterocycles. The first-order valence-electron chi connectivity index (χ1n) is 7.34. The summed E-state index contributed by atoms with van der Waals surface area (Å²) in [6, 6.07) is 18.9. The molecule has 0 aliphatic rings. The van der Waals surface area contributed by atoms with Crippen molar-refractivity contribution < 1.29 is 9.53 Å². The topological polar surface area (TPSA) is 50.7 Å². The van der Waals surface area contributed by atoms with Gasteiger partial charge in [0.15, 0.2) is 0 Å². The summed E-state index contributed by atoms with van der Waals surface area (Å²) < 4.78 is 6.22. The van der Waals surface area contributed by atoms with Crippen LogP contribution in [0.4, 0.5) is 0 Å². The Balaban J connectivity index is 1.82. The van der Waals surface area contributed by atoms with Gasteiger partial charge in [0.1, 0.15) is 5.75 Å². The Hall–Kier alpha value is -2.66. The van der Waals surface area contributed by atoms with E-state index in [4.69, 9.17) is 4.74 Å². The molecule has 0 aromatic heterocycles. The third-order valence-corrected chi connectivity index (χ3v) is 4.09. The molecule has 4 nitrogen and oxygen atoms in total. The van der Waals surface area contributed by atoms with Gasteiger partial charge >= 0.3 is 0 Å². The molecule has 0 unspecified atom stereocenters. The number of carbonyl (C=O) groups excluding carboxylic acids is 1. The molecule has 1 N–H and O–H groups in total. The van der Waals surface area contributed by atoms with E-state index < -0.39 is 0 Å². The zero-order chi connectivity index (χ0) is 16.9. The molecule has 0 atom stereocenters. The lowest BCUT2D eigenvalue weighted by molar-refractivity contribution is 0.0955. The average molecular weight is 383 g/mol. The van der Waals surface area contributed by atoms with Crippen LogP contribution in [-0.2, 0) is 0 Å². The average Bonchev–Trinajstić information content (AvgIpc) is 2.61. The van der Waals surface area contributed by atoms with Gasteiger partial charge in [-0.15, -0.1) is 0 Å². The number of hydrogen-bond donors (Lipinski definition) is 1. The molecule has 0 fully saturated rings. The lowest BCUT2D eigenvalue weighted by atomic mass is 10.0. The number of methoxy groups -OCH3 is 1. The van der Waals surface area contributed by atoms with Crippen molar-refractivity contribution in [2.24, 2.45) is 5.10 Å². The number of rotatable bonds is 4. The zero-order valence-corrected chi connectivity index (χ0v) is 14.6. The fourth-order valence-electron chi connectivity index (χ4n) is 2.44. The van der Waals surface area contributed by atoms with Crippen LogP contribution < -0.4 is 10.2 Å². The smallest absolute Gasteiger partial charge is 0.271 e. The summed E-state index contributed by atoms with van der Waals surface area (Å²) in [5.74, 6) is 0.547. The lowest BCUT2D eigenvalue weighted by Crippen LogP contribution is -2.17. The second-order valence-electron chi connectivity index (χ2n) is 5.11. The minimum absolute atomic E-state index is 0.259. The molecule has 5 heteroatoms. The van der Waals surface area contributed by atoms with Crippen molar-refractivity contribution >= 4 is 38.8 Å². The van der Waals surface area contributed by atoms with Crippen LogP contribution in [0.15, 0.2) is 70.2 Å². The highest BCUT2D eigenvalue weighted by atomic mass is 79.9. The van der Waals surface area contributed by atoms with Gasteiger partial charge < -0.3 is 4.74 Å². The monoisotopic (exact) mass is 382 g/mol. The number of hydrogen-bond acceptors (Lipinski definition) is 3. The SMILES string of the molecule is COc1ccc(/C=N\NC(=O)c2cccc(Br)c2)c2ccccc12. The molecule has 0 saturated carbocycles. The third kappa shape index (κ3) is 3.46. The number of fused-ring (bicyclic) bond motifs is 1. The van der Waals surface area contributed by atoms with Crippen molar-refractivity contribution in [2.45, 2.75) is 0 Å². The maximum Gasteiger partial charge on any atom is 0.271 e. The number of halogens is 1. The van der Waals surface area contributed by atoms with Crippen LogP contribution in [0.1, 0.15) is 15.9 Å². The van der Waals surface area contributed by atoms with E-state index in [1.165, 1.54) is 0 Å². The molecule has 3 aromatic rings. The van der Waals surface area contributed by atoms with E-state index >= 15 is 0 Å². The van der Waals surface area contributed by atoms with E-state index in [9.17, 15) is 4.79 Å². The van der Waals surface area contributed by atoms with Crippen LogP contribution in [0.2, 0.25) is 0 Å². The van der Waals surface area contributed by atoms with E-state index in [1.54, 1.807) is 31.5 Å². The molecular weight excluding hydrogens is 368 g/mol. The fraction of sp³-hybridized carbons (Fsp3) is 0.0526. The summed E-state index contributed by atoms with van der Waals surface area (Å²) >= 11 is 3.35. The van der Waals surface area contributed by atoms with Gasteiger partial charge in [0.2, 0.25) is 0 Å². The molecule has 0 spiro atoms. The summed E-state index contributed by atoms with van der Waals surface area (Å²) in [6.45, 7) is 0. The van der Waals surface area contributed by atoms with Gasteiger partial charge in [0.25, 0.3) is 5.91 Å². The summed E-state index contributed by atoms with van der Waals surface area (Å²) in [4.78, 5) is 12.1. The second kappa shape index (κ2) is 7.27. The first kappa shape index (κ1) is 16.2. The highest BCUT2D eigenvalue weighted by Crippen LogP contribution is 2.27. The van der Waals surface area contributed by atoms with Gasteiger partial charge in [0.05, 0.1) is 13.3 Å². The quantitative estimate of drug-likeness (QED) is 0.537. The van der Waals surface area contributed by atoms with Gasteiger partial charge in [-0.25, -0.2) is 5.43 Å². The van der Waals surface area contributed by atoms with Crippen LogP contribution in [0.25, 0.3) is 10.8 Å². The molecule has 120 valence electrons. The van der Waals surface area contributed by atoms with Gasteiger partial charge in [0, 0.05) is 21.0 Å². The minimum atomic E-state index is -0.259. The Kier molecular flexibility index (Phi) is 4.91. The standard InChI is InChI=1S/C19H15BrN2O2/c1-24-18-10-9-14(16-7-2-3-8-17(16)18)12-21-22-19(23)13-5-4-6-15(20)11-13/h2-12H,1H3,(H,22,23)/b21-12-. The highest BCUT2D eigenvalue weighted by molar-refractivity contribution is 9.10. The van der Waals surface area contributed by atoms with Crippen LogP contribution >= 0.6 is 15.9 Å². The molecule has 3 aromatic carbocycles. The summed E-state index contributed by atoms with van der Waals surface area (Å²) in [5, 5.41) is 6.09. The van der Waals surface area contributed by atoms with E-state index in [0.717, 1.165) is 26.6 Å². The van der Waals surface area contributed by atoms with E-state index in [0.29, 0.717) is 5.56 Å². The Labute approximate surface area is 148 Å². The Morgan fingerprint density at radius 2 is 1.88 bits per heavy atom. The van der Waals surface area contributed by atoms with Gasteiger partial charge in [-0.2, -0.15) is 5.10 Å². The summed E-state index contributed by atoms with van der Waals surface area (Å²) in [5.41, 5.74) is 3.99. The van der Waals surface area contributed by atoms with Crippen LogP contribution in [0.5, 0.6) is 5.75 Å². The van der Waals surface area contributed by atoms with Crippen molar-refractivity contribution in [1.82, 2.24) is 5.43 Å². The molecule has 24 heavy (non-hydrogen) atoms. The van der Waals surface area contributed by atoms with Crippen LogP contribution in [-0.4, -0.2) is 19.2 Å². The maximum absolute atomic E-state index is 12.1. The third-order valence-electron chi connectivity index (χ3n) is 3.59. The van der Waals surface area contributed by atoms with E-state index in [2.05, 4.69) is 26.5 Å². The van der Waals surface area contributed by atoms with Crippen molar-refractivity contribution in [1.29, 1.82) is 0 Å². The lowest BCUT2D eigenvalue weighted by Gasteiger charge is -2.07. The Morgan fingerprint density at radius 3 is 2.62 bits per heavy atom. The molecular formula is C19H15BrN2O2. The van der Waals surface area contributed by atoms with Gasteiger partial charge in [-0.05, 0) is 35.7 Å².